The molecule has 3 amide bonds. The van der Waals surface area contributed by atoms with Crippen LogP contribution in [-0.2, 0) is 46.9 Å². The van der Waals surface area contributed by atoms with Crippen molar-refractivity contribution in [1.82, 2.24) is 28.8 Å². The smallest absolute Gasteiger partial charge is 0.391 e. The lowest BCUT2D eigenvalue weighted by Crippen LogP contribution is -2.62. The number of fused-ring (bicyclic) bond motifs is 4. The lowest BCUT2D eigenvalue weighted by molar-refractivity contribution is -0.111. The molecule has 7 aliphatic rings. The van der Waals surface area contributed by atoms with Crippen LogP contribution in [0.5, 0.6) is 0 Å². The minimum absolute atomic E-state index is 0.00484. The van der Waals surface area contributed by atoms with Gasteiger partial charge in [0.1, 0.15) is 11.5 Å². The number of benzene rings is 2. The third kappa shape index (κ3) is 10.8. The number of aliphatic hydroxyl groups excluding tert-OH is 1. The number of nitrogens with one attached hydrogen (secondary N) is 2. The third-order valence-electron chi connectivity index (χ3n) is 18.6. The Bertz CT molecular complexity index is 3200. The Kier molecular flexibility index (Phi) is 14.9. The molecule has 20 nitrogen and oxygen atoms in total. The molecule has 7 heterocycles. The highest BCUT2D eigenvalue weighted by atomic mass is 31.2. The number of anilines is 6. The molecular formula is C59H80N11O9P. The number of hydrogen-bond acceptors (Lipinski definition) is 13. The second-order valence-corrected chi connectivity index (χ2v) is 26.2. The fourth-order valence-corrected chi connectivity index (χ4v) is 15.5. The molecule has 5 aliphatic heterocycles. The third-order valence-corrected chi connectivity index (χ3v) is 19.3. The van der Waals surface area contributed by atoms with Crippen molar-refractivity contribution in [1.29, 1.82) is 0 Å². The Hall–Kier alpha value is -6.02. The molecule has 4 aromatic rings. The van der Waals surface area contributed by atoms with Gasteiger partial charge in [-0.25, -0.2) is 9.55 Å². The normalized spacial score (nSPS) is 27.4. The standard InChI is InChI=1S/C59H80N11O9P/c1-9-52(72)61-46-30-41(60-54-57(75)63(8)35-51(62-54)69-21-10-11-48(53(69)38(4)71)68-26-25-67-49(56(68)74)29-39-31-58(5,6)32-50(39)67)12-15-47(46)66-24-23-64(33-37(66)3)43-18-22-65(36(2)27-43)44-13-14-45-40(28-44)34-70(55(45)73)42-16-19-59(7,20-17-42)79-80(76,77)78/h9,12-15,28-30,35-38,42-43,48,53,71H,1,10-11,16-27,31-34H2,2-8H3,(H,60,62)(H,61,72)(H2,76,77,78)/t36-,37+,38-,42?,43?,48-,53-,59?/m1/s1. The average Bonchev–Trinajstić information content (AvgIpc) is 4.05. The minimum atomic E-state index is -4.62. The molecule has 1 unspecified atom stereocenters. The average molecular weight is 1120 g/mol. The SMILES string of the molecule is C=CC(=O)Nc1cc(Nc2nc(N3CCC[C@@H](N4CCn5c(cc6c5CC(C)(C)C6)C4=O)[C@H]3[C@@H](C)O)cn(C)c2=O)ccc1N1CCN(C2CCN(c3ccc4c(c3)CN(C3CCC(C)(OP(=O)(O)O)CC3)C4=O)[C@H](C)C2)C[C@@H]1C. The van der Waals surface area contributed by atoms with Gasteiger partial charge in [-0.1, -0.05) is 20.4 Å². The molecule has 2 aromatic carbocycles. The summed E-state index contributed by atoms with van der Waals surface area (Å²) in [7, 11) is -2.93. The fourth-order valence-electron chi connectivity index (χ4n) is 14.8. The van der Waals surface area contributed by atoms with E-state index in [2.05, 4.69) is 87.3 Å². The van der Waals surface area contributed by atoms with Crippen molar-refractivity contribution in [2.75, 3.05) is 64.6 Å². The number of piperidine rings is 2. The molecule has 0 spiro atoms. The molecule has 11 rings (SSSR count). The number of amides is 3. The highest BCUT2D eigenvalue weighted by molar-refractivity contribution is 7.46. The zero-order valence-electron chi connectivity index (χ0n) is 47.4. The van der Waals surface area contributed by atoms with Gasteiger partial charge in [0.2, 0.25) is 5.91 Å². The van der Waals surface area contributed by atoms with E-state index in [4.69, 9.17) is 9.51 Å². The Balaban J connectivity index is 0.739. The van der Waals surface area contributed by atoms with Crippen LogP contribution in [0.2, 0.25) is 0 Å². The summed E-state index contributed by atoms with van der Waals surface area (Å²) in [6.07, 6.45) is 9.67. The minimum Gasteiger partial charge on any atom is -0.391 e. The van der Waals surface area contributed by atoms with Crippen LogP contribution in [0.3, 0.4) is 0 Å². The zero-order valence-corrected chi connectivity index (χ0v) is 48.3. The van der Waals surface area contributed by atoms with Crippen molar-refractivity contribution in [2.24, 2.45) is 12.5 Å². The molecule has 80 heavy (non-hydrogen) atoms. The maximum Gasteiger partial charge on any atom is 0.470 e. The van der Waals surface area contributed by atoms with E-state index in [1.807, 2.05) is 34.1 Å². The number of aromatic nitrogens is 3. The van der Waals surface area contributed by atoms with Gasteiger partial charge in [-0.2, -0.15) is 0 Å². The summed E-state index contributed by atoms with van der Waals surface area (Å²) >= 11 is 0. The van der Waals surface area contributed by atoms with Gasteiger partial charge in [-0.3, -0.25) is 28.6 Å². The summed E-state index contributed by atoms with van der Waals surface area (Å²) in [5.41, 5.74) is 7.02. The first-order valence-corrected chi connectivity index (χ1v) is 30.4. The molecule has 6 atom stereocenters. The van der Waals surface area contributed by atoms with E-state index in [9.17, 15) is 38.6 Å². The first-order valence-electron chi connectivity index (χ1n) is 28.8. The Morgan fingerprint density at radius 2 is 1.61 bits per heavy atom. The zero-order chi connectivity index (χ0) is 56.7. The molecular weight excluding hydrogens is 1040 g/mol. The van der Waals surface area contributed by atoms with Crippen LogP contribution in [0.1, 0.15) is 131 Å². The molecule has 1 saturated carbocycles. The van der Waals surface area contributed by atoms with Gasteiger partial charge in [0.15, 0.2) is 5.82 Å². The maximum absolute atomic E-state index is 14.3. The number of rotatable bonds is 13. The number of hydrogen-bond donors (Lipinski definition) is 5. The number of phosphoric ester groups is 1. The van der Waals surface area contributed by atoms with Crippen LogP contribution in [0.4, 0.5) is 34.4 Å². The molecule has 4 fully saturated rings. The molecule has 2 aromatic heterocycles. The van der Waals surface area contributed by atoms with Crippen LogP contribution < -0.4 is 30.9 Å². The van der Waals surface area contributed by atoms with E-state index < -0.39 is 25.6 Å². The summed E-state index contributed by atoms with van der Waals surface area (Å²) in [6.45, 7) is 21.9. The van der Waals surface area contributed by atoms with Crippen molar-refractivity contribution in [3.8, 4) is 0 Å². The van der Waals surface area contributed by atoms with E-state index in [1.54, 1.807) is 27.1 Å². The fraction of sp³-hybridized carbons (Fsp3) is 0.576. The second-order valence-electron chi connectivity index (χ2n) is 25.0. The Morgan fingerprint density at radius 1 is 0.850 bits per heavy atom. The molecule has 2 aliphatic carbocycles. The van der Waals surface area contributed by atoms with Gasteiger partial charge in [0.05, 0.1) is 35.2 Å². The summed E-state index contributed by atoms with van der Waals surface area (Å²) in [5.74, 6) is 0.252. The van der Waals surface area contributed by atoms with E-state index >= 15 is 0 Å². The summed E-state index contributed by atoms with van der Waals surface area (Å²) in [5, 5.41) is 17.8. The largest absolute Gasteiger partial charge is 0.470 e. The number of nitrogens with zero attached hydrogens (tertiary/aromatic N) is 9. The first kappa shape index (κ1) is 55.9. The predicted octanol–water partition coefficient (Wildman–Crippen LogP) is 6.78. The molecule has 21 heteroatoms. The Morgan fingerprint density at radius 3 is 2.33 bits per heavy atom. The maximum atomic E-state index is 14.3. The van der Waals surface area contributed by atoms with Crippen LogP contribution >= 0.6 is 7.82 Å². The van der Waals surface area contributed by atoms with Crippen molar-refractivity contribution >= 4 is 59.9 Å². The second kappa shape index (κ2) is 21.4. The quantitative estimate of drug-likeness (QED) is 0.0688. The lowest BCUT2D eigenvalue weighted by atomic mass is 9.83. The van der Waals surface area contributed by atoms with E-state index in [0.717, 1.165) is 92.9 Å². The topological polar surface area (TPSA) is 222 Å². The highest BCUT2D eigenvalue weighted by Crippen LogP contribution is 2.48. The van der Waals surface area contributed by atoms with Crippen molar-refractivity contribution < 1.29 is 38.4 Å². The van der Waals surface area contributed by atoms with Gasteiger partial charge in [0, 0.05) is 112 Å². The van der Waals surface area contributed by atoms with E-state index in [0.29, 0.717) is 75.1 Å². The number of aliphatic hydroxyl groups is 1. The van der Waals surface area contributed by atoms with Crippen LogP contribution in [0.25, 0.3) is 0 Å². The van der Waals surface area contributed by atoms with Gasteiger partial charge >= 0.3 is 7.82 Å². The van der Waals surface area contributed by atoms with Crippen LogP contribution in [-0.4, -0.2) is 149 Å². The number of aryl methyl sites for hydroxylation is 1. The van der Waals surface area contributed by atoms with Gasteiger partial charge < -0.3 is 59.2 Å². The number of phosphoric acid groups is 1. The van der Waals surface area contributed by atoms with E-state index in [-0.39, 0.29) is 58.7 Å². The molecule has 5 N–H and O–H groups in total. The monoisotopic (exact) mass is 1120 g/mol. The van der Waals surface area contributed by atoms with Crippen molar-refractivity contribution in [3.63, 3.8) is 0 Å². The van der Waals surface area contributed by atoms with Crippen LogP contribution in [0, 0.1) is 5.41 Å². The molecule has 3 saturated heterocycles. The van der Waals surface area contributed by atoms with Crippen molar-refractivity contribution in [2.45, 2.75) is 167 Å². The molecule has 430 valence electrons. The Labute approximate surface area is 469 Å². The van der Waals surface area contributed by atoms with Crippen molar-refractivity contribution in [3.05, 3.63) is 99.7 Å². The van der Waals surface area contributed by atoms with Gasteiger partial charge in [-0.05, 0) is 157 Å². The number of piperazine rings is 1. The number of carbonyl (C=O) groups excluding carboxylic acids is 3. The van der Waals surface area contributed by atoms with Crippen LogP contribution in [0.15, 0.2) is 66.1 Å². The van der Waals surface area contributed by atoms with Gasteiger partial charge in [-0.15, -0.1) is 0 Å². The summed E-state index contributed by atoms with van der Waals surface area (Å²) < 4.78 is 20.4. The highest BCUT2D eigenvalue weighted by Gasteiger charge is 2.46. The van der Waals surface area contributed by atoms with Gasteiger partial charge in [0.25, 0.3) is 17.4 Å². The predicted molar refractivity (Wildman–Crippen MR) is 309 cm³/mol. The lowest BCUT2D eigenvalue weighted by Gasteiger charge is -2.48. The number of carbonyl (C=O) groups is 3. The summed E-state index contributed by atoms with van der Waals surface area (Å²) in [6, 6.07) is 14.0. The molecule has 0 radical (unpaired) electrons. The molecule has 0 bridgehead atoms. The first-order chi connectivity index (χ1) is 38.0. The van der Waals surface area contributed by atoms with E-state index in [1.165, 1.54) is 21.9 Å². The summed E-state index contributed by atoms with van der Waals surface area (Å²) in [4.78, 5) is 92.0.